The third-order valence-corrected chi connectivity index (χ3v) is 8.59. The summed E-state index contributed by atoms with van der Waals surface area (Å²) in [7, 11) is 0. The van der Waals surface area contributed by atoms with Crippen LogP contribution in [-0.2, 0) is 5.41 Å². The Hall–Kier alpha value is -4.62. The first-order chi connectivity index (χ1) is 19.6. The molecule has 2 aliphatic rings. The van der Waals surface area contributed by atoms with Gasteiger partial charge in [-0.2, -0.15) is 0 Å². The lowest BCUT2D eigenvalue weighted by Crippen LogP contribution is -2.18. The number of hydrogen-bond donors (Lipinski definition) is 0. The van der Waals surface area contributed by atoms with Gasteiger partial charge in [0, 0.05) is 22.5 Å². The largest absolute Gasteiger partial charge is 0.310 e. The van der Waals surface area contributed by atoms with Crippen LogP contribution >= 0.6 is 0 Å². The second kappa shape index (κ2) is 9.84. The Kier molecular flexibility index (Phi) is 6.01. The minimum Gasteiger partial charge on any atom is -0.310 e. The molecule has 0 amide bonds. The van der Waals surface area contributed by atoms with Gasteiger partial charge in [0.1, 0.15) is 0 Å². The molecule has 194 valence electrons. The van der Waals surface area contributed by atoms with Crippen LogP contribution in [0.1, 0.15) is 37.8 Å². The molecule has 7 rings (SSSR count). The van der Waals surface area contributed by atoms with Crippen LogP contribution in [0.5, 0.6) is 0 Å². The van der Waals surface area contributed by atoms with Crippen molar-refractivity contribution < 1.29 is 0 Å². The fraction of sp³-hybridized carbons (Fsp3) is 0.128. The maximum Gasteiger partial charge on any atom is 0.0468 e. The summed E-state index contributed by atoms with van der Waals surface area (Å²) >= 11 is 0. The van der Waals surface area contributed by atoms with E-state index < -0.39 is 0 Å². The quantitative estimate of drug-likeness (QED) is 0.225. The summed E-state index contributed by atoms with van der Waals surface area (Å²) in [5.41, 5.74) is 14.3. The van der Waals surface area contributed by atoms with E-state index in [1.807, 2.05) is 0 Å². The molecule has 1 heteroatoms. The molecule has 0 heterocycles. The molecule has 1 nitrogen and oxygen atoms in total. The second-order valence-electron chi connectivity index (χ2n) is 11.4. The topological polar surface area (TPSA) is 3.24 Å². The van der Waals surface area contributed by atoms with Gasteiger partial charge in [-0.1, -0.05) is 123 Å². The first-order valence-electron chi connectivity index (χ1n) is 14.3. The van der Waals surface area contributed by atoms with Crippen molar-refractivity contribution >= 4 is 22.6 Å². The van der Waals surface area contributed by atoms with Crippen LogP contribution in [0.3, 0.4) is 0 Å². The lowest BCUT2D eigenvalue weighted by atomic mass is 9.78. The molecule has 0 saturated carbocycles. The van der Waals surface area contributed by atoms with Crippen molar-refractivity contribution in [2.45, 2.75) is 32.1 Å². The Balaban J connectivity index is 1.37. The second-order valence-corrected chi connectivity index (χ2v) is 11.4. The van der Waals surface area contributed by atoms with Gasteiger partial charge in [0.25, 0.3) is 0 Å². The number of benzene rings is 5. The van der Waals surface area contributed by atoms with Crippen LogP contribution in [-0.4, -0.2) is 0 Å². The van der Waals surface area contributed by atoms with Crippen LogP contribution in [0.4, 0.5) is 17.1 Å². The monoisotopic (exact) mass is 515 g/mol. The van der Waals surface area contributed by atoms with Gasteiger partial charge < -0.3 is 4.90 Å². The highest BCUT2D eigenvalue weighted by molar-refractivity contribution is 5.90. The van der Waals surface area contributed by atoms with E-state index in [1.165, 1.54) is 44.6 Å². The molecule has 0 fully saturated rings. The predicted octanol–water partition coefficient (Wildman–Crippen LogP) is 10.9. The van der Waals surface area contributed by atoms with Crippen LogP contribution in [0.25, 0.3) is 27.8 Å². The van der Waals surface area contributed by atoms with Crippen molar-refractivity contribution in [2.24, 2.45) is 0 Å². The van der Waals surface area contributed by atoms with Crippen LogP contribution < -0.4 is 4.90 Å². The summed E-state index contributed by atoms with van der Waals surface area (Å²) < 4.78 is 0. The first kappa shape index (κ1) is 24.4. The number of nitrogens with zero attached hydrogens (tertiary/aromatic N) is 1. The third-order valence-electron chi connectivity index (χ3n) is 8.59. The molecular weight excluding hydrogens is 482 g/mol. The molecule has 0 atom stereocenters. The van der Waals surface area contributed by atoms with Gasteiger partial charge in [0.15, 0.2) is 0 Å². The van der Waals surface area contributed by atoms with Crippen LogP contribution in [0.15, 0.2) is 145 Å². The number of anilines is 3. The van der Waals surface area contributed by atoms with Gasteiger partial charge in [-0.15, -0.1) is 0 Å². The predicted molar refractivity (Wildman–Crippen MR) is 170 cm³/mol. The summed E-state index contributed by atoms with van der Waals surface area (Å²) in [6.07, 6.45) is 6.97. The lowest BCUT2D eigenvalue weighted by molar-refractivity contribution is 0.607. The number of fused-ring (bicyclic) bond motifs is 2. The zero-order valence-corrected chi connectivity index (χ0v) is 23.1. The minimum absolute atomic E-state index is 0.0728. The standard InChI is InChI=1S/C39H33N/c1-39(2)37-19-10-9-18-35(37)36-27-34(24-25-38(36)39)40(32-22-20-30(21-23-32)28-12-5-3-6-13-28)33-17-11-16-31(26-33)29-14-7-4-8-15-29/h3-9,11-18,20-27H,10,19H2,1-2H3. The molecule has 2 aliphatic carbocycles. The van der Waals surface area contributed by atoms with E-state index in [2.05, 4.69) is 158 Å². The molecule has 5 aromatic carbocycles. The number of rotatable bonds is 5. The molecule has 40 heavy (non-hydrogen) atoms. The highest BCUT2D eigenvalue weighted by atomic mass is 15.1. The Morgan fingerprint density at radius 2 is 1.15 bits per heavy atom. The molecule has 0 saturated heterocycles. The van der Waals surface area contributed by atoms with Crippen LogP contribution in [0, 0.1) is 0 Å². The van der Waals surface area contributed by atoms with Crippen molar-refractivity contribution in [3.8, 4) is 22.3 Å². The Labute approximate surface area is 237 Å². The average Bonchev–Trinajstić information content (AvgIpc) is 3.25. The van der Waals surface area contributed by atoms with Gasteiger partial charge in [0.2, 0.25) is 0 Å². The number of allylic oxidation sites excluding steroid dienone is 4. The maximum atomic E-state index is 2.41. The minimum atomic E-state index is 0.0728. The van der Waals surface area contributed by atoms with Crippen molar-refractivity contribution in [1.29, 1.82) is 0 Å². The fourth-order valence-electron chi connectivity index (χ4n) is 6.50. The molecule has 0 radical (unpaired) electrons. The van der Waals surface area contributed by atoms with E-state index in [1.54, 1.807) is 5.57 Å². The molecule has 0 spiro atoms. The van der Waals surface area contributed by atoms with Crippen molar-refractivity contribution in [3.05, 3.63) is 156 Å². The summed E-state index contributed by atoms with van der Waals surface area (Å²) in [5, 5.41) is 0. The van der Waals surface area contributed by atoms with Crippen molar-refractivity contribution in [2.75, 3.05) is 4.90 Å². The molecule has 0 aromatic heterocycles. The SMILES string of the molecule is CC1(C)C2=C(C=CCC2)c2cc(N(c3ccc(-c4ccccc4)cc3)c3cccc(-c4ccccc4)c3)ccc21. The van der Waals surface area contributed by atoms with E-state index in [4.69, 9.17) is 0 Å². The summed E-state index contributed by atoms with van der Waals surface area (Å²) in [6, 6.07) is 46.2. The van der Waals surface area contributed by atoms with E-state index >= 15 is 0 Å². The van der Waals surface area contributed by atoms with Gasteiger partial charge >= 0.3 is 0 Å². The molecule has 0 aliphatic heterocycles. The highest BCUT2D eigenvalue weighted by Gasteiger charge is 2.37. The van der Waals surface area contributed by atoms with Crippen LogP contribution in [0.2, 0.25) is 0 Å². The Morgan fingerprint density at radius 1 is 0.550 bits per heavy atom. The Bertz CT molecular complexity index is 1740. The average molecular weight is 516 g/mol. The van der Waals surface area contributed by atoms with Gasteiger partial charge in [-0.3, -0.25) is 0 Å². The molecule has 5 aromatic rings. The summed E-state index contributed by atoms with van der Waals surface area (Å²) in [5.74, 6) is 0. The van der Waals surface area contributed by atoms with Gasteiger partial charge in [0.05, 0.1) is 0 Å². The van der Waals surface area contributed by atoms with Crippen molar-refractivity contribution in [3.63, 3.8) is 0 Å². The summed E-state index contributed by atoms with van der Waals surface area (Å²) in [4.78, 5) is 2.40. The van der Waals surface area contributed by atoms with E-state index in [0.717, 1.165) is 24.2 Å². The third kappa shape index (κ3) is 4.19. The molecule has 0 N–H and O–H groups in total. The van der Waals surface area contributed by atoms with Gasteiger partial charge in [-0.05, 0) is 88.2 Å². The fourth-order valence-corrected chi connectivity index (χ4v) is 6.50. The number of hydrogen-bond acceptors (Lipinski definition) is 1. The molecule has 0 unspecified atom stereocenters. The first-order valence-corrected chi connectivity index (χ1v) is 14.3. The van der Waals surface area contributed by atoms with Crippen molar-refractivity contribution in [1.82, 2.24) is 0 Å². The molecular formula is C39H33N. The van der Waals surface area contributed by atoms with Gasteiger partial charge in [-0.25, -0.2) is 0 Å². The summed E-state index contributed by atoms with van der Waals surface area (Å²) in [6.45, 7) is 4.77. The zero-order chi connectivity index (χ0) is 27.1. The molecule has 0 bridgehead atoms. The zero-order valence-electron chi connectivity index (χ0n) is 23.1. The van der Waals surface area contributed by atoms with E-state index in [0.29, 0.717) is 0 Å². The van der Waals surface area contributed by atoms with E-state index in [-0.39, 0.29) is 5.41 Å². The Morgan fingerprint density at radius 3 is 1.88 bits per heavy atom. The highest BCUT2D eigenvalue weighted by Crippen LogP contribution is 2.51. The van der Waals surface area contributed by atoms with E-state index in [9.17, 15) is 0 Å². The normalized spacial score (nSPS) is 15.1. The maximum absolute atomic E-state index is 2.41. The lowest BCUT2D eigenvalue weighted by Gasteiger charge is -2.28. The smallest absolute Gasteiger partial charge is 0.0468 e.